The average Bonchev–Trinajstić information content (AvgIpc) is 2.58. The standard InChI is InChI=1S/C16H8N2O5/c19-13-11-7(5-6-9(18-11)16(21)22)12-15(14(13)20)23-10-4-2-1-3-8(10)17-12/h1-6,17H,(H,21,22). The highest BCUT2D eigenvalue weighted by Crippen LogP contribution is 2.15. The summed E-state index contributed by atoms with van der Waals surface area (Å²) >= 11 is 0. The molecule has 0 spiro atoms. The molecule has 0 fully saturated rings. The molecule has 112 valence electrons. The van der Waals surface area contributed by atoms with Crippen LogP contribution >= 0.6 is 0 Å². The Morgan fingerprint density at radius 2 is 1.87 bits per heavy atom. The number of carboxylic acid groups (broad SMARTS) is 1. The zero-order valence-corrected chi connectivity index (χ0v) is 11.5. The molecular formula is C16H8N2O5. The second kappa shape index (κ2) is 4.51. The van der Waals surface area contributed by atoms with Crippen molar-refractivity contribution in [1.29, 1.82) is 0 Å². The summed E-state index contributed by atoms with van der Waals surface area (Å²) in [5.74, 6) is -1.27. The molecule has 1 aliphatic carbocycles. The summed E-state index contributed by atoms with van der Waals surface area (Å²) in [5.41, 5.74) is -1.26. The molecular weight excluding hydrogens is 300 g/mol. The van der Waals surface area contributed by atoms with Gasteiger partial charge in [0.15, 0.2) is 5.58 Å². The largest absolute Gasteiger partial charge is 0.477 e. The third-order valence-corrected chi connectivity index (χ3v) is 3.60. The first-order chi connectivity index (χ1) is 11.1. The van der Waals surface area contributed by atoms with Crippen LogP contribution in [0.4, 0.5) is 0 Å². The Bertz CT molecular complexity index is 1290. The van der Waals surface area contributed by atoms with Gasteiger partial charge < -0.3 is 14.5 Å². The van der Waals surface area contributed by atoms with Crippen molar-refractivity contribution < 1.29 is 14.3 Å². The van der Waals surface area contributed by atoms with Crippen molar-refractivity contribution in [1.82, 2.24) is 9.97 Å². The SMILES string of the molecule is O=C(O)c1ccc2c3[nH]c4ccccc4oc=3c(=O)c(=O)c2n1. The molecule has 0 saturated carbocycles. The number of aromatic carboxylic acids is 1. The Balaban J connectivity index is 2.33. The Hall–Kier alpha value is -3.48. The van der Waals surface area contributed by atoms with Gasteiger partial charge in [0.2, 0.25) is 5.42 Å². The monoisotopic (exact) mass is 308 g/mol. The smallest absolute Gasteiger partial charge is 0.354 e. The number of H-pyrrole nitrogens is 1. The summed E-state index contributed by atoms with van der Waals surface area (Å²) < 4.78 is 5.56. The third-order valence-electron chi connectivity index (χ3n) is 3.60. The van der Waals surface area contributed by atoms with E-state index < -0.39 is 16.8 Å². The number of aromatic amines is 1. The van der Waals surface area contributed by atoms with Crippen LogP contribution < -0.4 is 10.9 Å². The molecule has 0 radical (unpaired) electrons. The molecule has 0 atom stereocenters. The topological polar surface area (TPSA) is 113 Å². The van der Waals surface area contributed by atoms with Crippen molar-refractivity contribution in [3.63, 3.8) is 0 Å². The van der Waals surface area contributed by atoms with Crippen LogP contribution in [0, 0.1) is 10.8 Å². The summed E-state index contributed by atoms with van der Waals surface area (Å²) in [5, 5.41) is 9.64. The van der Waals surface area contributed by atoms with Gasteiger partial charge in [0.25, 0.3) is 10.9 Å². The maximum atomic E-state index is 12.3. The van der Waals surface area contributed by atoms with Crippen LogP contribution in [0.2, 0.25) is 0 Å². The van der Waals surface area contributed by atoms with Crippen LogP contribution in [-0.4, -0.2) is 21.0 Å². The Kier molecular flexibility index (Phi) is 2.59. The van der Waals surface area contributed by atoms with Gasteiger partial charge in [0.1, 0.15) is 11.2 Å². The molecule has 1 aromatic heterocycles. The lowest BCUT2D eigenvalue weighted by molar-refractivity contribution is 0.0691. The molecule has 0 bridgehead atoms. The number of carbonyl (C=O) groups is 1. The first-order valence-corrected chi connectivity index (χ1v) is 6.68. The van der Waals surface area contributed by atoms with E-state index in [-0.39, 0.29) is 16.6 Å². The van der Waals surface area contributed by atoms with E-state index in [1.54, 1.807) is 24.3 Å². The van der Waals surface area contributed by atoms with Gasteiger partial charge in [-0.3, -0.25) is 9.59 Å². The lowest BCUT2D eigenvalue weighted by Gasteiger charge is -2.03. The molecule has 2 aromatic rings. The first kappa shape index (κ1) is 13.2. The zero-order valence-electron chi connectivity index (χ0n) is 11.5. The molecule has 1 aromatic carbocycles. The third kappa shape index (κ3) is 1.83. The normalized spacial score (nSPS) is 11.3. The fourth-order valence-corrected chi connectivity index (χ4v) is 2.52. The fourth-order valence-electron chi connectivity index (χ4n) is 2.52. The number of carboxylic acids is 1. The molecule has 0 saturated heterocycles. The highest BCUT2D eigenvalue weighted by Gasteiger charge is 2.14. The average molecular weight is 308 g/mol. The van der Waals surface area contributed by atoms with Crippen molar-refractivity contribution in [2.75, 3.05) is 0 Å². The van der Waals surface area contributed by atoms with Gasteiger partial charge in [-0.25, -0.2) is 9.78 Å². The van der Waals surface area contributed by atoms with Crippen molar-refractivity contribution >= 4 is 28.0 Å². The highest BCUT2D eigenvalue weighted by atomic mass is 16.4. The molecule has 23 heavy (non-hydrogen) atoms. The van der Waals surface area contributed by atoms with Crippen LogP contribution in [0.3, 0.4) is 0 Å². The molecule has 1 aliphatic heterocycles. The molecule has 0 unspecified atom stereocenters. The van der Waals surface area contributed by atoms with Gasteiger partial charge in [0, 0.05) is 5.39 Å². The Labute approximate surface area is 126 Å². The number of fused-ring (bicyclic) bond motifs is 3. The van der Waals surface area contributed by atoms with Crippen LogP contribution in [0.25, 0.3) is 22.0 Å². The number of rotatable bonds is 1. The molecule has 2 N–H and O–H groups in total. The molecule has 0 amide bonds. The summed E-state index contributed by atoms with van der Waals surface area (Å²) in [6.45, 7) is 0. The number of hydrogen-bond acceptors (Lipinski definition) is 5. The predicted molar refractivity (Wildman–Crippen MR) is 80.7 cm³/mol. The van der Waals surface area contributed by atoms with Crippen LogP contribution in [0.1, 0.15) is 10.5 Å². The summed E-state index contributed by atoms with van der Waals surface area (Å²) in [7, 11) is 0. The maximum absolute atomic E-state index is 12.3. The lowest BCUT2D eigenvalue weighted by Crippen LogP contribution is -2.26. The van der Waals surface area contributed by atoms with E-state index >= 15 is 0 Å². The number of nitrogens with zero attached hydrogens (tertiary/aromatic N) is 1. The summed E-state index contributed by atoms with van der Waals surface area (Å²) in [6, 6.07) is 9.69. The second-order valence-corrected chi connectivity index (χ2v) is 4.98. The van der Waals surface area contributed by atoms with Crippen LogP contribution in [0.5, 0.6) is 0 Å². The highest BCUT2D eigenvalue weighted by molar-refractivity contribution is 5.89. The minimum Gasteiger partial charge on any atom is -0.477 e. The van der Waals surface area contributed by atoms with E-state index in [1.165, 1.54) is 12.1 Å². The zero-order chi connectivity index (χ0) is 16.1. The van der Waals surface area contributed by atoms with Crippen molar-refractivity contribution in [3.8, 4) is 0 Å². The summed E-state index contributed by atoms with van der Waals surface area (Å²) in [4.78, 5) is 42.3. The molecule has 7 heteroatoms. The van der Waals surface area contributed by atoms with E-state index in [4.69, 9.17) is 9.52 Å². The van der Waals surface area contributed by atoms with Crippen molar-refractivity contribution in [3.05, 3.63) is 73.3 Å². The van der Waals surface area contributed by atoms with E-state index in [2.05, 4.69) is 9.97 Å². The maximum Gasteiger partial charge on any atom is 0.354 e. The number of aromatic nitrogens is 2. The van der Waals surface area contributed by atoms with Gasteiger partial charge in [-0.1, -0.05) is 12.1 Å². The van der Waals surface area contributed by atoms with Gasteiger partial charge in [-0.15, -0.1) is 0 Å². The predicted octanol–water partition coefficient (Wildman–Crippen LogP) is 1.45. The lowest BCUT2D eigenvalue weighted by atomic mass is 10.1. The van der Waals surface area contributed by atoms with Crippen molar-refractivity contribution in [2.24, 2.45) is 0 Å². The van der Waals surface area contributed by atoms with Gasteiger partial charge >= 0.3 is 5.97 Å². The van der Waals surface area contributed by atoms with Gasteiger partial charge in [-0.05, 0) is 24.3 Å². The number of pyridine rings is 1. The molecule has 4 rings (SSSR count). The fraction of sp³-hybridized carbons (Fsp3) is 0. The van der Waals surface area contributed by atoms with Gasteiger partial charge in [-0.2, -0.15) is 0 Å². The minimum atomic E-state index is -1.27. The van der Waals surface area contributed by atoms with Crippen molar-refractivity contribution in [2.45, 2.75) is 0 Å². The Morgan fingerprint density at radius 3 is 2.65 bits per heavy atom. The number of hydrogen-bond donors (Lipinski definition) is 2. The van der Waals surface area contributed by atoms with Crippen LogP contribution in [-0.2, 0) is 0 Å². The minimum absolute atomic E-state index is 0.105. The number of para-hydroxylation sites is 2. The van der Waals surface area contributed by atoms with E-state index in [9.17, 15) is 14.4 Å². The quantitative estimate of drug-likeness (QED) is 0.515. The molecule has 2 heterocycles. The number of benzene rings is 1. The van der Waals surface area contributed by atoms with E-state index in [1.807, 2.05) is 0 Å². The van der Waals surface area contributed by atoms with Gasteiger partial charge in [0.05, 0.1) is 10.9 Å². The summed E-state index contributed by atoms with van der Waals surface area (Å²) in [6.07, 6.45) is 0. The molecule has 7 nitrogen and oxygen atoms in total. The Morgan fingerprint density at radius 1 is 1.09 bits per heavy atom. The number of nitrogens with one attached hydrogen (secondary N) is 1. The van der Waals surface area contributed by atoms with E-state index in [0.29, 0.717) is 21.8 Å². The first-order valence-electron chi connectivity index (χ1n) is 6.68. The van der Waals surface area contributed by atoms with E-state index in [0.717, 1.165) is 0 Å². The second-order valence-electron chi connectivity index (χ2n) is 4.98. The molecule has 2 aliphatic rings. The van der Waals surface area contributed by atoms with Crippen LogP contribution in [0.15, 0.2) is 50.4 Å².